The minimum absolute atomic E-state index is 1.10. The number of aryl methyl sites for hydroxylation is 4. The SMILES string of the molecule is CCCCCCCCCCCCCc1nc(CCCc2ccccc2)cn1CCCCCCCCCC. The topological polar surface area (TPSA) is 17.8 Å². The van der Waals surface area contributed by atoms with Crippen LogP contribution in [0.25, 0.3) is 0 Å². The Hall–Kier alpha value is -1.57. The Morgan fingerprint density at radius 3 is 1.59 bits per heavy atom. The van der Waals surface area contributed by atoms with Gasteiger partial charge in [-0.2, -0.15) is 0 Å². The van der Waals surface area contributed by atoms with Crippen LogP contribution in [0.15, 0.2) is 36.5 Å². The Bertz CT molecular complexity index is 748. The maximum Gasteiger partial charge on any atom is 0.108 e. The molecule has 1 aromatic carbocycles. The fourth-order valence-electron chi connectivity index (χ4n) is 5.51. The molecule has 2 aromatic rings. The van der Waals surface area contributed by atoms with Crippen molar-refractivity contribution in [3.05, 3.63) is 53.6 Å². The summed E-state index contributed by atoms with van der Waals surface area (Å²) in [5.41, 5.74) is 2.76. The molecule has 0 amide bonds. The first-order chi connectivity index (χ1) is 18.3. The molecule has 2 heteroatoms. The van der Waals surface area contributed by atoms with Crippen molar-refractivity contribution in [2.75, 3.05) is 0 Å². The third kappa shape index (κ3) is 16.1. The predicted octanol–water partition coefficient (Wildman–Crippen LogP) is 11.1. The van der Waals surface area contributed by atoms with E-state index in [1.165, 1.54) is 145 Å². The van der Waals surface area contributed by atoms with Crippen LogP contribution in [0.3, 0.4) is 0 Å². The lowest BCUT2D eigenvalue weighted by Gasteiger charge is -2.08. The first kappa shape index (κ1) is 31.6. The fourth-order valence-corrected chi connectivity index (χ4v) is 5.51. The van der Waals surface area contributed by atoms with Crippen molar-refractivity contribution in [1.29, 1.82) is 0 Å². The van der Waals surface area contributed by atoms with Crippen LogP contribution < -0.4 is 0 Å². The molecule has 0 radical (unpaired) electrons. The number of imidazole rings is 1. The molecule has 2 nitrogen and oxygen atoms in total. The first-order valence-electron chi connectivity index (χ1n) is 16.4. The smallest absolute Gasteiger partial charge is 0.108 e. The predicted molar refractivity (Wildman–Crippen MR) is 163 cm³/mol. The van der Waals surface area contributed by atoms with Crippen LogP contribution in [0.4, 0.5) is 0 Å². The maximum absolute atomic E-state index is 5.14. The molecule has 0 aliphatic rings. The van der Waals surface area contributed by atoms with E-state index in [1.54, 1.807) is 0 Å². The zero-order valence-corrected chi connectivity index (χ0v) is 24.8. The molecule has 0 saturated heterocycles. The van der Waals surface area contributed by atoms with Crippen LogP contribution in [0, 0.1) is 0 Å². The Morgan fingerprint density at radius 2 is 1.03 bits per heavy atom. The molecule has 0 atom stereocenters. The average Bonchev–Trinajstić information content (AvgIpc) is 3.30. The van der Waals surface area contributed by atoms with Gasteiger partial charge in [0, 0.05) is 19.2 Å². The molecule has 0 saturated carbocycles. The molecule has 0 fully saturated rings. The molecule has 0 spiro atoms. The van der Waals surface area contributed by atoms with Gasteiger partial charge in [0.1, 0.15) is 5.82 Å². The van der Waals surface area contributed by atoms with Gasteiger partial charge in [-0.25, -0.2) is 4.98 Å². The molecule has 210 valence electrons. The maximum atomic E-state index is 5.14. The third-order valence-electron chi connectivity index (χ3n) is 7.91. The molecule has 1 aromatic heterocycles. The summed E-state index contributed by atoms with van der Waals surface area (Å²) in [6, 6.07) is 10.9. The highest BCUT2D eigenvalue weighted by Gasteiger charge is 2.08. The Balaban J connectivity index is 1.69. The quantitative estimate of drug-likeness (QED) is 0.122. The van der Waals surface area contributed by atoms with E-state index in [1.807, 2.05) is 0 Å². The number of aromatic nitrogens is 2. The van der Waals surface area contributed by atoms with Gasteiger partial charge in [-0.15, -0.1) is 0 Å². The van der Waals surface area contributed by atoms with E-state index in [0.717, 1.165) is 25.8 Å². The number of nitrogens with zero attached hydrogens (tertiary/aromatic N) is 2. The number of benzene rings is 1. The average molecular weight is 509 g/mol. The van der Waals surface area contributed by atoms with E-state index in [0.29, 0.717) is 0 Å². The molecule has 1 heterocycles. The summed E-state index contributed by atoms with van der Waals surface area (Å²) in [5, 5.41) is 0. The second-order valence-corrected chi connectivity index (χ2v) is 11.4. The van der Waals surface area contributed by atoms with Gasteiger partial charge in [-0.1, -0.05) is 153 Å². The number of hydrogen-bond acceptors (Lipinski definition) is 1. The van der Waals surface area contributed by atoms with Crippen molar-refractivity contribution in [1.82, 2.24) is 9.55 Å². The molecule has 0 N–H and O–H groups in total. The van der Waals surface area contributed by atoms with Crippen LogP contribution in [0.5, 0.6) is 0 Å². The standard InChI is InChI=1S/C35H60N2/c1-3-5-7-9-11-13-14-15-16-18-23-30-35-36-34(29-25-28-33-26-21-20-22-27-33)32-37(35)31-24-19-17-12-10-8-6-4-2/h20-22,26-27,32H,3-19,23-25,28-31H2,1-2H3. The van der Waals surface area contributed by atoms with Crippen molar-refractivity contribution in [3.63, 3.8) is 0 Å². The zero-order valence-electron chi connectivity index (χ0n) is 24.8. The Kier molecular flexibility index (Phi) is 19.2. The van der Waals surface area contributed by atoms with Crippen LogP contribution in [-0.4, -0.2) is 9.55 Å². The molecule has 0 bridgehead atoms. The monoisotopic (exact) mass is 508 g/mol. The van der Waals surface area contributed by atoms with Crippen molar-refractivity contribution >= 4 is 0 Å². The van der Waals surface area contributed by atoms with Crippen molar-refractivity contribution in [2.45, 2.75) is 168 Å². The summed E-state index contributed by atoms with van der Waals surface area (Å²) in [6.45, 7) is 5.76. The van der Waals surface area contributed by atoms with Gasteiger partial charge in [-0.05, 0) is 37.7 Å². The zero-order chi connectivity index (χ0) is 26.2. The van der Waals surface area contributed by atoms with E-state index in [9.17, 15) is 0 Å². The largest absolute Gasteiger partial charge is 0.335 e. The molecule has 0 aliphatic heterocycles. The van der Waals surface area contributed by atoms with E-state index >= 15 is 0 Å². The van der Waals surface area contributed by atoms with Gasteiger partial charge < -0.3 is 4.57 Å². The summed E-state index contributed by atoms with van der Waals surface area (Å²) in [7, 11) is 0. The van der Waals surface area contributed by atoms with Crippen LogP contribution in [0.1, 0.15) is 159 Å². The van der Waals surface area contributed by atoms with Gasteiger partial charge in [0.05, 0.1) is 5.69 Å². The Morgan fingerprint density at radius 1 is 0.514 bits per heavy atom. The highest BCUT2D eigenvalue weighted by Crippen LogP contribution is 2.16. The third-order valence-corrected chi connectivity index (χ3v) is 7.91. The van der Waals surface area contributed by atoms with Gasteiger partial charge in [0.25, 0.3) is 0 Å². The minimum atomic E-state index is 1.10. The lowest BCUT2D eigenvalue weighted by Crippen LogP contribution is -2.03. The van der Waals surface area contributed by atoms with E-state index < -0.39 is 0 Å². The second-order valence-electron chi connectivity index (χ2n) is 11.4. The van der Waals surface area contributed by atoms with Gasteiger partial charge in [0.15, 0.2) is 0 Å². The second kappa shape index (κ2) is 22.4. The number of rotatable bonds is 25. The van der Waals surface area contributed by atoms with Crippen LogP contribution in [0.2, 0.25) is 0 Å². The Labute approximate surface area is 231 Å². The molecular weight excluding hydrogens is 448 g/mol. The molecule has 37 heavy (non-hydrogen) atoms. The molecular formula is C35H60N2. The van der Waals surface area contributed by atoms with E-state index in [4.69, 9.17) is 4.98 Å². The normalized spacial score (nSPS) is 11.4. The highest BCUT2D eigenvalue weighted by atomic mass is 15.1. The van der Waals surface area contributed by atoms with Gasteiger partial charge >= 0.3 is 0 Å². The first-order valence-corrected chi connectivity index (χ1v) is 16.4. The summed E-state index contributed by atoms with van der Waals surface area (Å²) in [4.78, 5) is 5.14. The summed E-state index contributed by atoms with van der Waals surface area (Å²) in [5.74, 6) is 1.36. The molecule has 0 unspecified atom stereocenters. The molecule has 0 aliphatic carbocycles. The highest BCUT2D eigenvalue weighted by molar-refractivity contribution is 5.15. The van der Waals surface area contributed by atoms with Gasteiger partial charge in [0.2, 0.25) is 0 Å². The van der Waals surface area contributed by atoms with E-state index in [-0.39, 0.29) is 0 Å². The molecule has 2 rings (SSSR count). The lowest BCUT2D eigenvalue weighted by atomic mass is 10.1. The lowest BCUT2D eigenvalue weighted by molar-refractivity contribution is 0.524. The number of unbranched alkanes of at least 4 members (excludes halogenated alkanes) is 17. The van der Waals surface area contributed by atoms with Crippen LogP contribution >= 0.6 is 0 Å². The fraction of sp³-hybridized carbons (Fsp3) is 0.743. The van der Waals surface area contributed by atoms with E-state index in [2.05, 4.69) is 54.9 Å². The van der Waals surface area contributed by atoms with Crippen LogP contribution in [-0.2, 0) is 25.8 Å². The number of hydrogen-bond donors (Lipinski definition) is 0. The summed E-state index contributed by atoms with van der Waals surface area (Å²) < 4.78 is 2.52. The van der Waals surface area contributed by atoms with Gasteiger partial charge in [-0.3, -0.25) is 0 Å². The van der Waals surface area contributed by atoms with Crippen molar-refractivity contribution < 1.29 is 0 Å². The summed E-state index contributed by atoms with van der Waals surface area (Å²) >= 11 is 0. The minimum Gasteiger partial charge on any atom is -0.335 e. The van der Waals surface area contributed by atoms with Crippen molar-refractivity contribution in [2.24, 2.45) is 0 Å². The summed E-state index contributed by atoms with van der Waals surface area (Å²) in [6.07, 6.45) is 33.6. The van der Waals surface area contributed by atoms with Crippen molar-refractivity contribution in [3.8, 4) is 0 Å².